The highest BCUT2D eigenvalue weighted by atomic mass is 32.2. The Labute approximate surface area is 238 Å². The molecule has 3 heterocycles. The summed E-state index contributed by atoms with van der Waals surface area (Å²) in [6, 6.07) is 14.6. The van der Waals surface area contributed by atoms with E-state index in [0.717, 1.165) is 29.0 Å². The van der Waals surface area contributed by atoms with Crippen molar-refractivity contribution in [3.8, 4) is 5.75 Å². The fourth-order valence-electron chi connectivity index (χ4n) is 4.69. The maximum atomic E-state index is 13.7. The molecule has 1 unspecified atom stereocenters. The molecule has 11 heteroatoms. The van der Waals surface area contributed by atoms with Gasteiger partial charge in [-0.1, -0.05) is 49.0 Å². The van der Waals surface area contributed by atoms with Crippen LogP contribution in [0.25, 0.3) is 0 Å². The van der Waals surface area contributed by atoms with E-state index in [1.807, 2.05) is 62.4 Å². The number of thioether (sulfide) groups is 1. The average Bonchev–Trinajstić information content (AvgIpc) is 3.38. The molecule has 2 amide bonds. The normalized spacial score (nSPS) is 16.8. The Morgan fingerprint density at radius 3 is 2.60 bits per heavy atom. The third-order valence-corrected chi connectivity index (χ3v) is 7.87. The summed E-state index contributed by atoms with van der Waals surface area (Å²) in [5.74, 6) is 1.78. The molecule has 2 N–H and O–H groups in total. The van der Waals surface area contributed by atoms with E-state index in [1.54, 1.807) is 21.3 Å². The van der Waals surface area contributed by atoms with Crippen molar-refractivity contribution in [2.24, 2.45) is 0 Å². The summed E-state index contributed by atoms with van der Waals surface area (Å²) < 4.78 is 12.9. The quantitative estimate of drug-likeness (QED) is 0.373. The van der Waals surface area contributed by atoms with Crippen molar-refractivity contribution in [3.05, 3.63) is 70.9 Å². The van der Waals surface area contributed by atoms with E-state index in [4.69, 9.17) is 14.6 Å². The van der Waals surface area contributed by atoms with Crippen LogP contribution in [0, 0.1) is 6.92 Å². The fourth-order valence-corrected chi connectivity index (χ4v) is 5.37. The van der Waals surface area contributed by atoms with Crippen LogP contribution in [0.3, 0.4) is 0 Å². The number of rotatable bonds is 9. The lowest BCUT2D eigenvalue weighted by molar-refractivity contribution is -0.137. The lowest BCUT2D eigenvalue weighted by Gasteiger charge is -2.29. The summed E-state index contributed by atoms with van der Waals surface area (Å²) in [5, 5.41) is 11.8. The number of para-hydroxylation sites is 1. The zero-order valence-corrected chi connectivity index (χ0v) is 23.8. The first-order valence-corrected chi connectivity index (χ1v) is 14.5. The van der Waals surface area contributed by atoms with E-state index >= 15 is 0 Å². The molecule has 2 aliphatic heterocycles. The van der Waals surface area contributed by atoms with Crippen molar-refractivity contribution in [2.75, 3.05) is 49.3 Å². The molecular formula is C29H34N6O4S. The van der Waals surface area contributed by atoms with Gasteiger partial charge in [0, 0.05) is 30.2 Å². The SMILES string of the molecule is CCCSc1nc2n(n1)C(c1ccc(OCC(=O)N3CCOCC3)cc1)C(C(=O)Nc1ccccc1C)=C(C)N2. The first-order valence-electron chi connectivity index (χ1n) is 13.5. The number of anilines is 2. The monoisotopic (exact) mass is 562 g/mol. The van der Waals surface area contributed by atoms with Crippen molar-refractivity contribution in [3.63, 3.8) is 0 Å². The zero-order valence-electron chi connectivity index (χ0n) is 23.0. The number of nitrogens with zero attached hydrogens (tertiary/aromatic N) is 4. The van der Waals surface area contributed by atoms with E-state index in [1.165, 1.54) is 0 Å². The van der Waals surface area contributed by atoms with E-state index in [-0.39, 0.29) is 18.4 Å². The Kier molecular flexibility index (Phi) is 8.71. The van der Waals surface area contributed by atoms with Gasteiger partial charge in [0.1, 0.15) is 11.8 Å². The minimum atomic E-state index is -0.507. The third-order valence-electron chi connectivity index (χ3n) is 6.83. The van der Waals surface area contributed by atoms with Gasteiger partial charge < -0.3 is 25.0 Å². The van der Waals surface area contributed by atoms with Gasteiger partial charge in [0.15, 0.2) is 6.61 Å². The summed E-state index contributed by atoms with van der Waals surface area (Å²) in [4.78, 5) is 32.7. The summed E-state index contributed by atoms with van der Waals surface area (Å²) in [5.41, 5.74) is 3.83. The molecule has 0 bridgehead atoms. The molecular weight excluding hydrogens is 528 g/mol. The number of hydrogen-bond donors (Lipinski definition) is 2. The maximum Gasteiger partial charge on any atom is 0.260 e. The molecule has 1 aromatic heterocycles. The van der Waals surface area contributed by atoms with Gasteiger partial charge in [-0.15, -0.1) is 5.10 Å². The molecule has 0 spiro atoms. The molecule has 0 saturated carbocycles. The first-order chi connectivity index (χ1) is 19.4. The molecule has 0 aliphatic carbocycles. The number of ether oxygens (including phenoxy) is 2. The van der Waals surface area contributed by atoms with Gasteiger partial charge in [-0.05, 0) is 49.6 Å². The summed E-state index contributed by atoms with van der Waals surface area (Å²) in [7, 11) is 0. The average molecular weight is 563 g/mol. The van der Waals surface area contributed by atoms with Crippen LogP contribution >= 0.6 is 11.8 Å². The van der Waals surface area contributed by atoms with E-state index in [2.05, 4.69) is 22.5 Å². The Morgan fingerprint density at radius 2 is 1.88 bits per heavy atom. The number of carbonyl (C=O) groups excluding carboxylic acids is 2. The van der Waals surface area contributed by atoms with Crippen LogP contribution in [0.4, 0.5) is 11.6 Å². The Hall–Kier alpha value is -3.83. The molecule has 2 aliphatic rings. The highest BCUT2D eigenvalue weighted by Gasteiger charge is 2.34. The van der Waals surface area contributed by atoms with Gasteiger partial charge in [-0.2, -0.15) is 4.98 Å². The highest BCUT2D eigenvalue weighted by molar-refractivity contribution is 7.99. The number of morpholine rings is 1. The molecule has 1 fully saturated rings. The van der Waals surface area contributed by atoms with Gasteiger partial charge in [0.25, 0.3) is 11.8 Å². The van der Waals surface area contributed by atoms with Gasteiger partial charge in [0.05, 0.1) is 18.8 Å². The van der Waals surface area contributed by atoms with Gasteiger partial charge >= 0.3 is 0 Å². The summed E-state index contributed by atoms with van der Waals surface area (Å²) in [6.45, 7) is 8.17. The number of aryl methyl sites for hydroxylation is 1. The number of benzene rings is 2. The number of allylic oxidation sites excluding steroid dienone is 1. The lowest BCUT2D eigenvalue weighted by Crippen LogP contribution is -2.42. The Bertz CT molecular complexity index is 1400. The molecule has 40 heavy (non-hydrogen) atoms. The standard InChI is InChI=1S/C29H34N6O4S/c1-4-17-40-29-32-28-30-20(3)25(27(37)31-23-8-6-5-7-19(23)2)26(35(28)33-29)21-9-11-22(12-10-21)39-18-24(36)34-13-15-38-16-14-34/h5-12,26H,4,13-18H2,1-3H3,(H,31,37)(H,30,32,33). The molecule has 0 radical (unpaired) electrons. The van der Waals surface area contributed by atoms with E-state index in [0.29, 0.717) is 54.4 Å². The van der Waals surface area contributed by atoms with Crippen LogP contribution in [0.2, 0.25) is 0 Å². The van der Waals surface area contributed by atoms with Gasteiger partial charge in [-0.3, -0.25) is 9.59 Å². The summed E-state index contributed by atoms with van der Waals surface area (Å²) in [6.07, 6.45) is 1.00. The zero-order chi connectivity index (χ0) is 28.1. The molecule has 1 atom stereocenters. The van der Waals surface area contributed by atoms with Crippen LogP contribution in [0.15, 0.2) is 65.0 Å². The van der Waals surface area contributed by atoms with Crippen LogP contribution in [0.1, 0.15) is 37.4 Å². The minimum Gasteiger partial charge on any atom is -0.484 e. The molecule has 3 aromatic rings. The van der Waals surface area contributed by atoms with Crippen LogP contribution < -0.4 is 15.4 Å². The van der Waals surface area contributed by atoms with Crippen LogP contribution in [-0.2, 0) is 14.3 Å². The van der Waals surface area contributed by atoms with Gasteiger partial charge in [0.2, 0.25) is 11.1 Å². The number of hydrogen-bond acceptors (Lipinski definition) is 8. The van der Waals surface area contributed by atoms with E-state index in [9.17, 15) is 9.59 Å². The molecule has 210 valence electrons. The first kappa shape index (κ1) is 27.7. The van der Waals surface area contributed by atoms with E-state index < -0.39 is 6.04 Å². The van der Waals surface area contributed by atoms with Crippen molar-refractivity contribution < 1.29 is 19.1 Å². The molecule has 1 saturated heterocycles. The van der Waals surface area contributed by atoms with Crippen LogP contribution in [-0.4, -0.2) is 70.1 Å². The minimum absolute atomic E-state index is 0.0407. The predicted molar refractivity (Wildman–Crippen MR) is 155 cm³/mol. The Morgan fingerprint density at radius 1 is 1.12 bits per heavy atom. The molecule has 2 aromatic carbocycles. The fraction of sp³-hybridized carbons (Fsp3) is 0.379. The largest absolute Gasteiger partial charge is 0.484 e. The number of carbonyl (C=O) groups is 2. The maximum absolute atomic E-state index is 13.7. The van der Waals surface area contributed by atoms with Crippen LogP contribution in [0.5, 0.6) is 5.75 Å². The number of nitrogens with one attached hydrogen (secondary N) is 2. The smallest absolute Gasteiger partial charge is 0.260 e. The van der Waals surface area contributed by atoms with Crippen molar-refractivity contribution in [1.82, 2.24) is 19.7 Å². The Balaban J connectivity index is 1.41. The number of fused-ring (bicyclic) bond motifs is 1. The second kappa shape index (κ2) is 12.6. The van der Waals surface area contributed by atoms with Crippen molar-refractivity contribution >= 4 is 35.2 Å². The molecule has 5 rings (SSSR count). The topological polar surface area (TPSA) is 111 Å². The molecule has 10 nitrogen and oxygen atoms in total. The second-order valence-corrected chi connectivity index (χ2v) is 10.8. The predicted octanol–water partition coefficient (Wildman–Crippen LogP) is 4.25. The van der Waals surface area contributed by atoms with Gasteiger partial charge in [-0.25, -0.2) is 4.68 Å². The number of aromatic nitrogens is 3. The van der Waals surface area contributed by atoms with Crippen molar-refractivity contribution in [1.29, 1.82) is 0 Å². The van der Waals surface area contributed by atoms with Crippen molar-refractivity contribution in [2.45, 2.75) is 38.4 Å². The highest BCUT2D eigenvalue weighted by Crippen LogP contribution is 2.37. The summed E-state index contributed by atoms with van der Waals surface area (Å²) >= 11 is 1.58. The number of amides is 2. The third kappa shape index (κ3) is 6.15. The lowest BCUT2D eigenvalue weighted by atomic mass is 9.95. The second-order valence-electron chi connectivity index (χ2n) is 9.70.